The highest BCUT2D eigenvalue weighted by molar-refractivity contribution is 7.81. The molecule has 0 aliphatic heterocycles. The Hall–Kier alpha value is -0.310. The first-order valence-electron chi connectivity index (χ1n) is 4.67. The molecular formula is C10H17NOS. The number of rotatable bonds is 2. The van der Waals surface area contributed by atoms with Crippen LogP contribution in [0.3, 0.4) is 0 Å². The van der Waals surface area contributed by atoms with Crippen molar-refractivity contribution in [3.63, 3.8) is 0 Å². The van der Waals surface area contributed by atoms with Crippen molar-refractivity contribution >= 4 is 12.6 Å². The lowest BCUT2D eigenvalue weighted by atomic mass is 9.75. The Morgan fingerprint density at radius 3 is 2.69 bits per heavy atom. The monoisotopic (exact) mass is 199 g/mol. The first kappa shape index (κ1) is 10.8. The smallest absolute Gasteiger partial charge is 0.111 e. The Kier molecular flexibility index (Phi) is 3.17. The van der Waals surface area contributed by atoms with Gasteiger partial charge in [-0.05, 0) is 39.0 Å². The second kappa shape index (κ2) is 3.82. The van der Waals surface area contributed by atoms with E-state index in [-0.39, 0.29) is 5.25 Å². The van der Waals surface area contributed by atoms with Crippen LogP contribution < -0.4 is 0 Å². The Bertz CT molecular complexity index is 229. The molecule has 0 radical (unpaired) electrons. The summed E-state index contributed by atoms with van der Waals surface area (Å²) in [5.74, 6) is 0.525. The molecule has 0 aromatic heterocycles. The fraction of sp³-hybridized carbons (Fsp3) is 0.800. The SMILES string of the molecule is C=C(C)[C@H]1CC[C@@](C)(N=O)[C@H](S)C1. The summed E-state index contributed by atoms with van der Waals surface area (Å²) in [5.41, 5.74) is 0.738. The molecule has 1 fully saturated rings. The Morgan fingerprint density at radius 1 is 1.69 bits per heavy atom. The van der Waals surface area contributed by atoms with E-state index in [1.54, 1.807) is 0 Å². The molecule has 1 aliphatic carbocycles. The van der Waals surface area contributed by atoms with Gasteiger partial charge in [0.2, 0.25) is 0 Å². The third-order valence-corrected chi connectivity index (χ3v) is 3.90. The maximum absolute atomic E-state index is 10.6. The van der Waals surface area contributed by atoms with E-state index in [4.69, 9.17) is 0 Å². The van der Waals surface area contributed by atoms with Gasteiger partial charge in [0.05, 0.1) is 0 Å². The normalized spacial score (nSPS) is 39.9. The van der Waals surface area contributed by atoms with Crippen molar-refractivity contribution in [2.45, 2.75) is 43.9 Å². The average Bonchev–Trinajstić information content (AvgIpc) is 2.09. The van der Waals surface area contributed by atoms with Crippen LogP contribution in [0.4, 0.5) is 0 Å². The zero-order valence-electron chi connectivity index (χ0n) is 8.29. The summed E-state index contributed by atoms with van der Waals surface area (Å²) in [4.78, 5) is 10.6. The Morgan fingerprint density at radius 2 is 2.31 bits per heavy atom. The highest BCUT2D eigenvalue weighted by Crippen LogP contribution is 2.40. The molecule has 0 aromatic rings. The van der Waals surface area contributed by atoms with Gasteiger partial charge in [0.25, 0.3) is 0 Å². The van der Waals surface area contributed by atoms with Crippen LogP contribution in [0.1, 0.15) is 33.1 Å². The van der Waals surface area contributed by atoms with Crippen LogP contribution >= 0.6 is 12.6 Å². The minimum absolute atomic E-state index is 0.0837. The molecule has 74 valence electrons. The summed E-state index contributed by atoms with van der Waals surface area (Å²) in [6.45, 7) is 7.88. The highest BCUT2D eigenvalue weighted by atomic mass is 32.1. The molecular weight excluding hydrogens is 182 g/mol. The van der Waals surface area contributed by atoms with Crippen LogP contribution in [-0.2, 0) is 0 Å². The molecule has 13 heavy (non-hydrogen) atoms. The van der Waals surface area contributed by atoms with Gasteiger partial charge in [0.15, 0.2) is 0 Å². The van der Waals surface area contributed by atoms with Gasteiger partial charge in [-0.2, -0.15) is 17.5 Å². The van der Waals surface area contributed by atoms with Crippen molar-refractivity contribution in [3.05, 3.63) is 17.1 Å². The molecule has 0 bridgehead atoms. The van der Waals surface area contributed by atoms with Gasteiger partial charge >= 0.3 is 0 Å². The molecule has 1 saturated carbocycles. The van der Waals surface area contributed by atoms with Gasteiger partial charge in [0.1, 0.15) is 5.54 Å². The predicted molar refractivity (Wildman–Crippen MR) is 59.1 cm³/mol. The zero-order chi connectivity index (χ0) is 10.1. The first-order chi connectivity index (χ1) is 5.99. The van der Waals surface area contributed by atoms with E-state index >= 15 is 0 Å². The summed E-state index contributed by atoms with van der Waals surface area (Å²) in [6, 6.07) is 0. The molecule has 0 spiro atoms. The number of nitrogens with zero attached hydrogens (tertiary/aromatic N) is 1. The van der Waals surface area contributed by atoms with Crippen molar-refractivity contribution in [2.75, 3.05) is 0 Å². The third kappa shape index (κ3) is 2.13. The van der Waals surface area contributed by atoms with Gasteiger partial charge < -0.3 is 0 Å². The van der Waals surface area contributed by atoms with E-state index in [1.807, 2.05) is 13.8 Å². The summed E-state index contributed by atoms with van der Waals surface area (Å²) in [6.07, 6.45) is 2.79. The standard InChI is InChI=1S/C10H17NOS/c1-7(2)8-4-5-10(3,11-12)9(13)6-8/h8-9,13H,1,4-6H2,2-3H3/t8-,9+,10+/m0/s1. The van der Waals surface area contributed by atoms with E-state index in [1.165, 1.54) is 5.57 Å². The summed E-state index contributed by atoms with van der Waals surface area (Å²) < 4.78 is 0. The fourth-order valence-corrected chi connectivity index (χ4v) is 2.26. The summed E-state index contributed by atoms with van der Waals surface area (Å²) in [7, 11) is 0. The number of hydrogen-bond acceptors (Lipinski definition) is 3. The van der Waals surface area contributed by atoms with Crippen LogP contribution in [0, 0.1) is 10.8 Å². The maximum Gasteiger partial charge on any atom is 0.111 e. The largest absolute Gasteiger partial charge is 0.173 e. The van der Waals surface area contributed by atoms with E-state index < -0.39 is 5.54 Å². The van der Waals surface area contributed by atoms with Crippen molar-refractivity contribution in [1.29, 1.82) is 0 Å². The lowest BCUT2D eigenvalue weighted by molar-refractivity contribution is 0.286. The quantitative estimate of drug-likeness (QED) is 0.413. The second-order valence-corrected chi connectivity index (χ2v) is 4.91. The van der Waals surface area contributed by atoms with Crippen molar-refractivity contribution in [1.82, 2.24) is 0 Å². The average molecular weight is 199 g/mol. The molecule has 2 nitrogen and oxygen atoms in total. The predicted octanol–water partition coefficient (Wildman–Crippen LogP) is 3.19. The van der Waals surface area contributed by atoms with Gasteiger partial charge in [-0.3, -0.25) is 0 Å². The number of hydrogen-bond donors (Lipinski definition) is 1. The molecule has 0 unspecified atom stereocenters. The maximum atomic E-state index is 10.6. The molecule has 3 heteroatoms. The molecule has 3 atom stereocenters. The van der Waals surface area contributed by atoms with E-state index in [0.717, 1.165) is 19.3 Å². The van der Waals surface area contributed by atoms with Crippen molar-refractivity contribution < 1.29 is 0 Å². The fourth-order valence-electron chi connectivity index (χ4n) is 1.83. The molecule has 0 aromatic carbocycles. The van der Waals surface area contributed by atoms with E-state index in [0.29, 0.717) is 5.92 Å². The van der Waals surface area contributed by atoms with Gasteiger partial charge in [0, 0.05) is 5.25 Å². The van der Waals surface area contributed by atoms with Crippen LogP contribution in [0.25, 0.3) is 0 Å². The van der Waals surface area contributed by atoms with Gasteiger partial charge in [-0.15, -0.1) is 0 Å². The molecule has 0 amide bonds. The second-order valence-electron chi connectivity index (χ2n) is 4.28. The number of thiol groups is 1. The van der Waals surface area contributed by atoms with Crippen LogP contribution in [0.2, 0.25) is 0 Å². The summed E-state index contributed by atoms with van der Waals surface area (Å²) >= 11 is 4.44. The van der Waals surface area contributed by atoms with E-state index in [2.05, 4.69) is 24.4 Å². The Labute approximate surface area is 85.2 Å². The summed E-state index contributed by atoms with van der Waals surface area (Å²) in [5, 5.41) is 3.28. The molecule has 0 saturated heterocycles. The molecule has 0 heterocycles. The van der Waals surface area contributed by atoms with Crippen LogP contribution in [-0.4, -0.2) is 10.8 Å². The topological polar surface area (TPSA) is 29.4 Å². The van der Waals surface area contributed by atoms with Crippen molar-refractivity contribution in [3.8, 4) is 0 Å². The number of allylic oxidation sites excluding steroid dienone is 1. The molecule has 1 rings (SSSR count). The molecule has 1 aliphatic rings. The van der Waals surface area contributed by atoms with Crippen LogP contribution in [0.15, 0.2) is 17.3 Å². The van der Waals surface area contributed by atoms with Gasteiger partial charge in [-0.25, -0.2) is 0 Å². The van der Waals surface area contributed by atoms with Crippen molar-refractivity contribution in [2.24, 2.45) is 11.1 Å². The minimum atomic E-state index is -0.463. The first-order valence-corrected chi connectivity index (χ1v) is 5.19. The Balaban J connectivity index is 2.66. The molecule has 0 N–H and O–H groups in total. The highest BCUT2D eigenvalue weighted by Gasteiger charge is 2.39. The zero-order valence-corrected chi connectivity index (χ0v) is 9.18. The lowest BCUT2D eigenvalue weighted by Crippen LogP contribution is -2.39. The minimum Gasteiger partial charge on any atom is -0.173 e. The lowest BCUT2D eigenvalue weighted by Gasteiger charge is -2.37. The van der Waals surface area contributed by atoms with Gasteiger partial charge in [-0.1, -0.05) is 17.3 Å². The van der Waals surface area contributed by atoms with Crippen LogP contribution in [0.5, 0.6) is 0 Å². The number of nitroso groups, excluding NO2 is 1. The third-order valence-electron chi connectivity index (χ3n) is 3.13. The van der Waals surface area contributed by atoms with E-state index in [9.17, 15) is 4.91 Å².